The second-order valence-electron chi connectivity index (χ2n) is 4.27. The maximum atomic E-state index is 12.3. The van der Waals surface area contributed by atoms with Crippen molar-refractivity contribution >= 4 is 26.8 Å². The largest absolute Gasteiger partial charge is 0.423 e. The first-order chi connectivity index (χ1) is 10.0. The van der Waals surface area contributed by atoms with Gasteiger partial charge in [-0.25, -0.2) is 18.2 Å². The topological polar surface area (TPSA) is 89.3 Å². The van der Waals surface area contributed by atoms with E-state index in [-0.39, 0.29) is 10.7 Å². The molecule has 0 radical (unpaired) electrons. The maximum absolute atomic E-state index is 12.3. The first-order valence-corrected chi connectivity index (χ1v) is 7.51. The zero-order valence-corrected chi connectivity index (χ0v) is 11.5. The van der Waals surface area contributed by atoms with Crippen molar-refractivity contribution in [2.45, 2.75) is 4.90 Å². The van der Waals surface area contributed by atoms with Crippen molar-refractivity contribution in [1.82, 2.24) is 4.98 Å². The lowest BCUT2D eigenvalue weighted by Crippen LogP contribution is -2.13. The van der Waals surface area contributed by atoms with E-state index < -0.39 is 15.6 Å². The molecule has 0 aliphatic heterocycles. The molecule has 0 saturated heterocycles. The number of hydrogen-bond acceptors (Lipinski definition) is 5. The van der Waals surface area contributed by atoms with Crippen molar-refractivity contribution in [3.63, 3.8) is 0 Å². The summed E-state index contributed by atoms with van der Waals surface area (Å²) in [7, 11) is -3.75. The Kier molecular flexibility index (Phi) is 3.19. The molecule has 3 aromatic rings. The minimum Gasteiger partial charge on any atom is -0.423 e. The van der Waals surface area contributed by atoms with Gasteiger partial charge in [0.1, 0.15) is 11.4 Å². The van der Waals surface area contributed by atoms with Crippen LogP contribution in [-0.4, -0.2) is 13.4 Å². The highest BCUT2D eigenvalue weighted by atomic mass is 32.2. The van der Waals surface area contributed by atoms with E-state index in [1.54, 1.807) is 18.2 Å². The van der Waals surface area contributed by atoms with E-state index in [1.807, 2.05) is 0 Å². The number of benzene rings is 1. The van der Waals surface area contributed by atoms with Crippen molar-refractivity contribution in [1.29, 1.82) is 0 Å². The van der Waals surface area contributed by atoms with Crippen LogP contribution in [0.3, 0.4) is 0 Å². The lowest BCUT2D eigenvalue weighted by atomic mass is 10.2. The Labute approximate surface area is 120 Å². The van der Waals surface area contributed by atoms with Gasteiger partial charge in [-0.2, -0.15) is 0 Å². The van der Waals surface area contributed by atoms with Gasteiger partial charge in [-0.05, 0) is 36.4 Å². The molecule has 0 unspecified atom stereocenters. The van der Waals surface area contributed by atoms with Gasteiger partial charge in [0.05, 0.1) is 4.90 Å². The van der Waals surface area contributed by atoms with Crippen LogP contribution in [0.2, 0.25) is 0 Å². The van der Waals surface area contributed by atoms with Gasteiger partial charge >= 0.3 is 5.63 Å². The quantitative estimate of drug-likeness (QED) is 0.747. The lowest BCUT2D eigenvalue weighted by Gasteiger charge is -2.07. The summed E-state index contributed by atoms with van der Waals surface area (Å²) in [6.07, 6.45) is 1.49. The van der Waals surface area contributed by atoms with Crippen LogP contribution in [0.5, 0.6) is 0 Å². The molecule has 2 aromatic heterocycles. The third kappa shape index (κ3) is 2.77. The summed E-state index contributed by atoms with van der Waals surface area (Å²) in [5.74, 6) is 0.234. The van der Waals surface area contributed by atoms with Crippen molar-refractivity contribution in [3.05, 3.63) is 65.1 Å². The van der Waals surface area contributed by atoms with Gasteiger partial charge in [-0.1, -0.05) is 6.07 Å². The standard InChI is InChI=1S/C14H10N2O4S/c17-14-7-4-10-9-11(5-6-12(10)20-14)21(18,19)16-13-3-1-2-8-15-13/h1-9H,(H,15,16). The number of rotatable bonds is 3. The monoisotopic (exact) mass is 302 g/mol. The average molecular weight is 302 g/mol. The molecule has 0 aliphatic carbocycles. The Hall–Kier alpha value is -2.67. The summed E-state index contributed by atoms with van der Waals surface area (Å²) in [4.78, 5) is 15.1. The van der Waals surface area contributed by atoms with Crippen LogP contribution in [0.1, 0.15) is 0 Å². The Bertz CT molecular complexity index is 949. The molecular weight excluding hydrogens is 292 g/mol. The van der Waals surface area contributed by atoms with Crippen LogP contribution >= 0.6 is 0 Å². The van der Waals surface area contributed by atoms with Crippen LogP contribution in [0.15, 0.2) is 68.8 Å². The van der Waals surface area contributed by atoms with Gasteiger partial charge in [-0.15, -0.1) is 0 Å². The fourth-order valence-electron chi connectivity index (χ4n) is 1.84. The van der Waals surface area contributed by atoms with Gasteiger partial charge in [0.25, 0.3) is 10.0 Å². The Morgan fingerprint density at radius 3 is 2.67 bits per heavy atom. The molecule has 2 heterocycles. The SMILES string of the molecule is O=c1ccc2cc(S(=O)(=O)Nc3ccccn3)ccc2o1. The third-order valence-corrected chi connectivity index (χ3v) is 4.16. The van der Waals surface area contributed by atoms with Gasteiger partial charge in [0.2, 0.25) is 0 Å². The van der Waals surface area contributed by atoms with E-state index in [9.17, 15) is 13.2 Å². The molecule has 6 nitrogen and oxygen atoms in total. The number of fused-ring (bicyclic) bond motifs is 1. The van der Waals surface area contributed by atoms with E-state index in [4.69, 9.17) is 4.42 Å². The molecule has 1 N–H and O–H groups in total. The van der Waals surface area contributed by atoms with Crippen LogP contribution in [0.4, 0.5) is 5.82 Å². The Morgan fingerprint density at radius 1 is 1.05 bits per heavy atom. The molecular formula is C14H10N2O4S. The molecule has 0 atom stereocenters. The molecule has 3 rings (SSSR count). The second kappa shape index (κ2) is 5.02. The van der Waals surface area contributed by atoms with E-state index >= 15 is 0 Å². The second-order valence-corrected chi connectivity index (χ2v) is 5.96. The number of nitrogens with one attached hydrogen (secondary N) is 1. The average Bonchev–Trinajstić information content (AvgIpc) is 2.47. The molecule has 0 bridgehead atoms. The van der Waals surface area contributed by atoms with E-state index in [0.29, 0.717) is 11.0 Å². The highest BCUT2D eigenvalue weighted by Gasteiger charge is 2.15. The fraction of sp³-hybridized carbons (Fsp3) is 0. The lowest BCUT2D eigenvalue weighted by molar-refractivity contribution is 0.560. The predicted octanol–water partition coefficient (Wildman–Crippen LogP) is 1.99. The molecule has 7 heteroatoms. The third-order valence-electron chi connectivity index (χ3n) is 2.80. The van der Waals surface area contributed by atoms with Gasteiger partial charge in [0.15, 0.2) is 0 Å². The molecule has 21 heavy (non-hydrogen) atoms. The zero-order chi connectivity index (χ0) is 14.9. The molecule has 0 aliphatic rings. The summed E-state index contributed by atoms with van der Waals surface area (Å²) >= 11 is 0. The normalized spacial score (nSPS) is 11.4. The highest BCUT2D eigenvalue weighted by molar-refractivity contribution is 7.92. The molecule has 0 fully saturated rings. The summed E-state index contributed by atoms with van der Waals surface area (Å²) in [6, 6.07) is 11.9. The van der Waals surface area contributed by atoms with Crippen molar-refractivity contribution in [2.24, 2.45) is 0 Å². The zero-order valence-electron chi connectivity index (χ0n) is 10.7. The summed E-state index contributed by atoms with van der Waals surface area (Å²) < 4.78 is 31.9. The summed E-state index contributed by atoms with van der Waals surface area (Å²) in [5, 5.41) is 0.526. The molecule has 1 aromatic carbocycles. The minimum absolute atomic E-state index is 0.0644. The van der Waals surface area contributed by atoms with Crippen LogP contribution < -0.4 is 10.3 Å². The minimum atomic E-state index is -3.75. The Balaban J connectivity index is 2.03. The molecule has 0 saturated carbocycles. The van der Waals surface area contributed by atoms with Gasteiger partial charge in [-0.3, -0.25) is 4.72 Å². The maximum Gasteiger partial charge on any atom is 0.336 e. The van der Waals surface area contributed by atoms with Crippen LogP contribution in [0, 0.1) is 0 Å². The van der Waals surface area contributed by atoms with Crippen molar-refractivity contribution < 1.29 is 12.8 Å². The number of sulfonamides is 1. The molecule has 0 amide bonds. The Morgan fingerprint density at radius 2 is 1.90 bits per heavy atom. The predicted molar refractivity (Wildman–Crippen MR) is 77.5 cm³/mol. The van der Waals surface area contributed by atoms with E-state index in [0.717, 1.165) is 0 Å². The summed E-state index contributed by atoms with van der Waals surface area (Å²) in [6.45, 7) is 0. The van der Waals surface area contributed by atoms with Gasteiger partial charge in [0, 0.05) is 17.6 Å². The smallest absolute Gasteiger partial charge is 0.336 e. The van der Waals surface area contributed by atoms with Gasteiger partial charge < -0.3 is 4.42 Å². The molecule has 106 valence electrons. The highest BCUT2D eigenvalue weighted by Crippen LogP contribution is 2.19. The number of nitrogens with zero attached hydrogens (tertiary/aromatic N) is 1. The molecule has 0 spiro atoms. The van der Waals surface area contributed by atoms with E-state index in [1.165, 1.54) is 36.5 Å². The number of anilines is 1. The number of aromatic nitrogens is 1. The number of pyridine rings is 1. The first-order valence-electron chi connectivity index (χ1n) is 6.02. The van der Waals surface area contributed by atoms with E-state index in [2.05, 4.69) is 9.71 Å². The number of hydrogen-bond donors (Lipinski definition) is 1. The van der Waals surface area contributed by atoms with Crippen molar-refractivity contribution in [3.8, 4) is 0 Å². The van der Waals surface area contributed by atoms with Crippen LogP contribution in [0.25, 0.3) is 11.0 Å². The van der Waals surface area contributed by atoms with Crippen LogP contribution in [-0.2, 0) is 10.0 Å². The fourth-order valence-corrected chi connectivity index (χ4v) is 2.88. The first kappa shape index (κ1) is 13.3. The summed E-state index contributed by atoms with van der Waals surface area (Å²) in [5.41, 5.74) is -0.149. The van der Waals surface area contributed by atoms with Crippen molar-refractivity contribution in [2.75, 3.05) is 4.72 Å².